The molecule has 19 heavy (non-hydrogen) atoms. The van der Waals surface area contributed by atoms with Crippen LogP contribution in [0.25, 0.3) is 0 Å². The Morgan fingerprint density at radius 2 is 2.42 bits per heavy atom. The number of hydrazine groups is 1. The van der Waals surface area contributed by atoms with Gasteiger partial charge in [0, 0.05) is 26.2 Å². The Balaban J connectivity index is 2.06. The highest BCUT2D eigenvalue weighted by Gasteiger charge is 2.18. The van der Waals surface area contributed by atoms with E-state index >= 15 is 0 Å². The van der Waals surface area contributed by atoms with E-state index in [4.69, 9.17) is 22.2 Å². The Morgan fingerprint density at radius 3 is 3.16 bits per heavy atom. The van der Waals surface area contributed by atoms with E-state index in [2.05, 4.69) is 22.2 Å². The Hall–Kier alpha value is -0.880. The standard InChI is InChI=1S/C13H21ClN4O/c1-2-10-8-18(6-3-7-19-10)9-12-11(14)4-5-13(16-12)17-15/h4-5,10H,2-3,6-9,15H2,1H3,(H,16,17). The lowest BCUT2D eigenvalue weighted by molar-refractivity contribution is 0.0509. The number of rotatable bonds is 4. The van der Waals surface area contributed by atoms with Gasteiger partial charge in [0.1, 0.15) is 5.82 Å². The molecule has 5 nitrogen and oxygen atoms in total. The molecule has 0 saturated carbocycles. The van der Waals surface area contributed by atoms with Gasteiger partial charge in [-0.15, -0.1) is 0 Å². The molecule has 2 heterocycles. The van der Waals surface area contributed by atoms with Crippen molar-refractivity contribution in [2.24, 2.45) is 5.84 Å². The van der Waals surface area contributed by atoms with Crippen molar-refractivity contribution in [1.82, 2.24) is 9.88 Å². The second-order valence-corrected chi connectivity index (χ2v) is 5.17. The Bertz CT molecular complexity index is 416. The highest BCUT2D eigenvalue weighted by molar-refractivity contribution is 6.31. The fourth-order valence-corrected chi connectivity index (χ4v) is 2.41. The molecule has 1 aliphatic rings. The van der Waals surface area contributed by atoms with Crippen molar-refractivity contribution in [1.29, 1.82) is 0 Å². The highest BCUT2D eigenvalue weighted by atomic mass is 35.5. The number of nitrogens with one attached hydrogen (secondary N) is 1. The van der Waals surface area contributed by atoms with Gasteiger partial charge < -0.3 is 10.2 Å². The first-order valence-electron chi connectivity index (χ1n) is 6.69. The first kappa shape index (κ1) is 14.5. The predicted molar refractivity (Wildman–Crippen MR) is 77.0 cm³/mol. The van der Waals surface area contributed by atoms with Crippen LogP contribution in [0, 0.1) is 0 Å². The number of hydrogen-bond donors (Lipinski definition) is 2. The molecule has 1 saturated heterocycles. The monoisotopic (exact) mass is 284 g/mol. The first-order valence-corrected chi connectivity index (χ1v) is 7.06. The largest absolute Gasteiger partial charge is 0.377 e. The maximum atomic E-state index is 6.19. The molecule has 0 bridgehead atoms. The van der Waals surface area contributed by atoms with E-state index in [1.165, 1.54) is 0 Å². The fourth-order valence-electron chi connectivity index (χ4n) is 2.25. The van der Waals surface area contributed by atoms with Crippen molar-refractivity contribution < 1.29 is 4.74 Å². The van der Waals surface area contributed by atoms with E-state index in [1.54, 1.807) is 6.07 Å². The van der Waals surface area contributed by atoms with Crippen LogP contribution in [0.4, 0.5) is 5.82 Å². The summed E-state index contributed by atoms with van der Waals surface area (Å²) in [7, 11) is 0. The summed E-state index contributed by atoms with van der Waals surface area (Å²) in [6, 6.07) is 3.59. The van der Waals surface area contributed by atoms with Crippen LogP contribution >= 0.6 is 11.6 Å². The van der Waals surface area contributed by atoms with Crippen molar-refractivity contribution in [2.75, 3.05) is 25.1 Å². The van der Waals surface area contributed by atoms with Crippen LogP contribution in [0.2, 0.25) is 5.02 Å². The molecule has 1 aromatic heterocycles. The zero-order valence-corrected chi connectivity index (χ0v) is 12.0. The van der Waals surface area contributed by atoms with Crippen LogP contribution in [-0.4, -0.2) is 35.7 Å². The summed E-state index contributed by atoms with van der Waals surface area (Å²) in [5.41, 5.74) is 3.41. The van der Waals surface area contributed by atoms with Gasteiger partial charge in [0.15, 0.2) is 0 Å². The van der Waals surface area contributed by atoms with Crippen molar-refractivity contribution in [3.8, 4) is 0 Å². The number of ether oxygens (including phenoxy) is 1. The number of nitrogens with two attached hydrogens (primary N) is 1. The maximum absolute atomic E-state index is 6.19. The summed E-state index contributed by atoms with van der Waals surface area (Å²) in [6.07, 6.45) is 2.38. The van der Waals surface area contributed by atoms with Gasteiger partial charge in [-0.2, -0.15) is 0 Å². The number of halogens is 1. The molecular weight excluding hydrogens is 264 g/mol. The van der Waals surface area contributed by atoms with Gasteiger partial charge in [-0.05, 0) is 25.0 Å². The molecule has 1 fully saturated rings. The minimum absolute atomic E-state index is 0.303. The number of nitrogens with zero attached hydrogens (tertiary/aromatic N) is 2. The summed E-state index contributed by atoms with van der Waals surface area (Å²) < 4.78 is 5.77. The van der Waals surface area contributed by atoms with Gasteiger partial charge in [-0.3, -0.25) is 4.90 Å². The van der Waals surface area contributed by atoms with Crippen molar-refractivity contribution in [2.45, 2.75) is 32.4 Å². The fraction of sp³-hybridized carbons (Fsp3) is 0.615. The van der Waals surface area contributed by atoms with E-state index in [9.17, 15) is 0 Å². The summed E-state index contributed by atoms with van der Waals surface area (Å²) >= 11 is 6.19. The highest BCUT2D eigenvalue weighted by Crippen LogP contribution is 2.19. The van der Waals surface area contributed by atoms with E-state index < -0.39 is 0 Å². The summed E-state index contributed by atoms with van der Waals surface area (Å²) in [5, 5.41) is 0.678. The average Bonchev–Trinajstić information content (AvgIpc) is 2.66. The third-order valence-corrected chi connectivity index (χ3v) is 3.67. The molecule has 106 valence electrons. The van der Waals surface area contributed by atoms with Gasteiger partial charge in [0.2, 0.25) is 0 Å². The summed E-state index contributed by atoms with van der Waals surface area (Å²) in [5.74, 6) is 6.02. The molecule has 0 aliphatic carbocycles. The summed E-state index contributed by atoms with van der Waals surface area (Å²) in [6.45, 7) is 5.65. The lowest BCUT2D eigenvalue weighted by Crippen LogP contribution is -2.31. The Labute approximate surface area is 119 Å². The first-order chi connectivity index (χ1) is 9.22. The van der Waals surface area contributed by atoms with Gasteiger partial charge in [-0.25, -0.2) is 10.8 Å². The van der Waals surface area contributed by atoms with Crippen LogP contribution in [0.3, 0.4) is 0 Å². The molecule has 0 radical (unpaired) electrons. The maximum Gasteiger partial charge on any atom is 0.140 e. The average molecular weight is 285 g/mol. The van der Waals surface area contributed by atoms with E-state index in [0.29, 0.717) is 16.9 Å². The van der Waals surface area contributed by atoms with Crippen LogP contribution in [0.1, 0.15) is 25.5 Å². The number of aromatic nitrogens is 1. The topological polar surface area (TPSA) is 63.4 Å². The van der Waals surface area contributed by atoms with Crippen LogP contribution in [0.15, 0.2) is 12.1 Å². The van der Waals surface area contributed by atoms with E-state index in [0.717, 1.165) is 44.8 Å². The SMILES string of the molecule is CCC1CN(Cc2nc(NN)ccc2Cl)CCCO1. The molecule has 3 N–H and O–H groups in total. The number of nitrogen functional groups attached to an aromatic ring is 1. The van der Waals surface area contributed by atoms with Crippen LogP contribution in [-0.2, 0) is 11.3 Å². The molecule has 1 aliphatic heterocycles. The lowest BCUT2D eigenvalue weighted by Gasteiger charge is -2.23. The molecule has 0 amide bonds. The number of pyridine rings is 1. The molecule has 1 unspecified atom stereocenters. The molecule has 2 rings (SSSR count). The molecular formula is C13H21ClN4O. The second-order valence-electron chi connectivity index (χ2n) is 4.76. The third kappa shape index (κ3) is 4.04. The normalized spacial score (nSPS) is 21.1. The van der Waals surface area contributed by atoms with Crippen molar-refractivity contribution >= 4 is 17.4 Å². The van der Waals surface area contributed by atoms with E-state index in [1.807, 2.05) is 6.07 Å². The van der Waals surface area contributed by atoms with Gasteiger partial charge in [0.25, 0.3) is 0 Å². The third-order valence-electron chi connectivity index (χ3n) is 3.33. The number of hydrogen-bond acceptors (Lipinski definition) is 5. The van der Waals surface area contributed by atoms with E-state index in [-0.39, 0.29) is 0 Å². The molecule has 1 atom stereocenters. The Morgan fingerprint density at radius 1 is 1.58 bits per heavy atom. The van der Waals surface area contributed by atoms with Crippen LogP contribution < -0.4 is 11.3 Å². The Kier molecular flexibility index (Phi) is 5.39. The minimum Gasteiger partial charge on any atom is -0.377 e. The molecule has 1 aromatic rings. The summed E-state index contributed by atoms with van der Waals surface area (Å²) in [4.78, 5) is 6.76. The molecule has 0 aromatic carbocycles. The zero-order valence-electron chi connectivity index (χ0n) is 11.2. The van der Waals surface area contributed by atoms with Crippen LogP contribution in [0.5, 0.6) is 0 Å². The number of anilines is 1. The molecule has 0 spiro atoms. The lowest BCUT2D eigenvalue weighted by atomic mass is 10.2. The molecule has 6 heteroatoms. The zero-order chi connectivity index (χ0) is 13.7. The van der Waals surface area contributed by atoms with Crippen molar-refractivity contribution in [3.63, 3.8) is 0 Å². The minimum atomic E-state index is 0.303. The quantitative estimate of drug-likeness (QED) is 0.654. The van der Waals surface area contributed by atoms with Crippen molar-refractivity contribution in [3.05, 3.63) is 22.8 Å². The second kappa shape index (κ2) is 7.05. The van der Waals surface area contributed by atoms with Gasteiger partial charge in [-0.1, -0.05) is 18.5 Å². The van der Waals surface area contributed by atoms with Gasteiger partial charge in [0.05, 0.1) is 16.8 Å². The van der Waals surface area contributed by atoms with Gasteiger partial charge >= 0.3 is 0 Å². The smallest absolute Gasteiger partial charge is 0.140 e. The predicted octanol–water partition coefficient (Wildman–Crippen LogP) is 2.02.